The Labute approximate surface area is 273 Å². The molecule has 0 fully saturated rings. The van der Waals surface area contributed by atoms with E-state index < -0.39 is 6.10 Å². The highest BCUT2D eigenvalue weighted by Gasteiger charge is 2.27. The van der Waals surface area contributed by atoms with Gasteiger partial charge in [-0.25, -0.2) is 9.97 Å². The number of nitrogens with zero attached hydrogens (tertiary/aromatic N) is 6. The van der Waals surface area contributed by atoms with E-state index in [9.17, 15) is 0 Å². The topological polar surface area (TPSA) is 118 Å². The molecule has 226 valence electrons. The fourth-order valence-corrected chi connectivity index (χ4v) is 6.57. The number of benzene rings is 4. The van der Waals surface area contributed by atoms with Crippen LogP contribution in [0.4, 0.5) is 0 Å². The summed E-state index contributed by atoms with van der Waals surface area (Å²) in [6, 6.07) is 36.0. The van der Waals surface area contributed by atoms with E-state index in [2.05, 4.69) is 44.6 Å². The van der Waals surface area contributed by atoms with Crippen molar-refractivity contribution in [2.45, 2.75) is 6.10 Å². The van der Waals surface area contributed by atoms with Crippen molar-refractivity contribution < 1.29 is 4.74 Å². The number of para-hydroxylation sites is 4. The van der Waals surface area contributed by atoms with Gasteiger partial charge in [0.2, 0.25) is 0 Å². The molecule has 6 heterocycles. The summed E-state index contributed by atoms with van der Waals surface area (Å²) in [4.78, 5) is 18.9. The van der Waals surface area contributed by atoms with Crippen LogP contribution in [0, 0.1) is 0 Å². The largest absolute Gasteiger partial charge is 0.481 e. The van der Waals surface area contributed by atoms with Gasteiger partial charge in [-0.15, -0.1) is 10.2 Å². The van der Waals surface area contributed by atoms with Crippen molar-refractivity contribution in [1.29, 1.82) is 0 Å². The van der Waals surface area contributed by atoms with Crippen molar-refractivity contribution in [2.24, 2.45) is 0 Å². The van der Waals surface area contributed by atoms with Gasteiger partial charge in [0, 0.05) is 21.9 Å². The smallest absolute Gasteiger partial charge is 0.145 e. The Balaban J connectivity index is 1.27. The number of hydrogen-bond acceptors (Lipinski definition) is 7. The predicted molar refractivity (Wildman–Crippen MR) is 187 cm³/mol. The summed E-state index contributed by atoms with van der Waals surface area (Å²) < 4.78 is 6.59. The zero-order valence-electron chi connectivity index (χ0n) is 25.3. The molecule has 0 saturated heterocycles. The van der Waals surface area contributed by atoms with Crippen LogP contribution in [-0.4, -0.2) is 40.3 Å². The summed E-state index contributed by atoms with van der Waals surface area (Å²) in [5, 5.41) is 19.2. The SMILES string of the molecule is C1=CC(c2cc3[nH]c(-c4n[nH]c5ccccc45)c(-c4cnc5ccccc5n4)c3nc2-c2cc3ccccc3nn2)Oc2ccccc21. The molecule has 4 aromatic carbocycles. The van der Waals surface area contributed by atoms with Gasteiger partial charge in [0.25, 0.3) is 0 Å². The van der Waals surface area contributed by atoms with Crippen molar-refractivity contribution in [2.75, 3.05) is 0 Å². The first-order valence-electron chi connectivity index (χ1n) is 15.7. The van der Waals surface area contributed by atoms with Crippen LogP contribution in [0.25, 0.3) is 84.0 Å². The first-order valence-corrected chi connectivity index (χ1v) is 15.7. The molecule has 9 heteroatoms. The molecular weight excluding hydrogens is 596 g/mol. The molecule has 10 rings (SSSR count). The predicted octanol–water partition coefficient (Wildman–Crippen LogP) is 8.47. The van der Waals surface area contributed by atoms with Crippen LogP contribution < -0.4 is 4.74 Å². The Morgan fingerprint density at radius 3 is 2.44 bits per heavy atom. The van der Waals surface area contributed by atoms with Gasteiger partial charge in [-0.2, -0.15) is 5.10 Å². The molecule has 1 aliphatic heterocycles. The van der Waals surface area contributed by atoms with E-state index in [1.54, 1.807) is 6.20 Å². The molecule has 0 bridgehead atoms. The molecule has 1 atom stereocenters. The molecule has 0 amide bonds. The second kappa shape index (κ2) is 10.4. The average Bonchev–Trinajstić information content (AvgIpc) is 3.75. The highest BCUT2D eigenvalue weighted by Crippen LogP contribution is 2.43. The highest BCUT2D eigenvalue weighted by molar-refractivity contribution is 6.06. The number of aromatic nitrogens is 8. The fourth-order valence-electron chi connectivity index (χ4n) is 6.57. The van der Waals surface area contributed by atoms with E-state index >= 15 is 0 Å². The monoisotopic (exact) mass is 620 g/mol. The second-order valence-electron chi connectivity index (χ2n) is 11.8. The Morgan fingerprint density at radius 2 is 1.48 bits per heavy atom. The van der Waals surface area contributed by atoms with Gasteiger partial charge in [-0.05, 0) is 48.5 Å². The zero-order chi connectivity index (χ0) is 31.6. The van der Waals surface area contributed by atoms with Crippen LogP contribution in [-0.2, 0) is 0 Å². The fraction of sp³-hybridized carbons (Fsp3) is 0.0256. The number of ether oxygens (including phenoxy) is 1. The van der Waals surface area contributed by atoms with Gasteiger partial charge in [-0.3, -0.25) is 10.1 Å². The minimum atomic E-state index is -0.415. The van der Waals surface area contributed by atoms with Crippen LogP contribution in [0.1, 0.15) is 17.2 Å². The van der Waals surface area contributed by atoms with Gasteiger partial charge < -0.3 is 9.72 Å². The zero-order valence-corrected chi connectivity index (χ0v) is 25.3. The van der Waals surface area contributed by atoms with Crippen LogP contribution >= 0.6 is 0 Å². The Hall–Kier alpha value is -6.74. The van der Waals surface area contributed by atoms with Gasteiger partial charge in [-0.1, -0.05) is 72.8 Å². The minimum absolute atomic E-state index is 0.415. The summed E-state index contributed by atoms with van der Waals surface area (Å²) in [5.41, 5.74) is 11.1. The van der Waals surface area contributed by atoms with Crippen LogP contribution in [0.5, 0.6) is 5.75 Å². The highest BCUT2D eigenvalue weighted by atomic mass is 16.5. The number of hydrogen-bond donors (Lipinski definition) is 2. The quantitative estimate of drug-likeness (QED) is 0.203. The normalized spacial score (nSPS) is 14.1. The molecule has 5 aromatic heterocycles. The lowest BCUT2D eigenvalue weighted by molar-refractivity contribution is 0.252. The lowest BCUT2D eigenvalue weighted by Gasteiger charge is -2.23. The van der Waals surface area contributed by atoms with Crippen LogP contribution in [0.3, 0.4) is 0 Å². The van der Waals surface area contributed by atoms with E-state index in [0.717, 1.165) is 77.7 Å². The molecule has 48 heavy (non-hydrogen) atoms. The Bertz CT molecular complexity index is 2740. The van der Waals surface area contributed by atoms with E-state index in [-0.39, 0.29) is 0 Å². The third kappa shape index (κ3) is 4.18. The number of H-pyrrole nitrogens is 2. The van der Waals surface area contributed by atoms with Gasteiger partial charge in [0.1, 0.15) is 23.2 Å². The second-order valence-corrected chi connectivity index (χ2v) is 11.8. The van der Waals surface area contributed by atoms with Gasteiger partial charge >= 0.3 is 0 Å². The molecule has 2 N–H and O–H groups in total. The van der Waals surface area contributed by atoms with Gasteiger partial charge in [0.15, 0.2) is 0 Å². The molecule has 0 aliphatic carbocycles. The maximum Gasteiger partial charge on any atom is 0.145 e. The number of aromatic amines is 2. The van der Waals surface area contributed by atoms with Crippen molar-refractivity contribution in [3.8, 4) is 39.8 Å². The number of rotatable bonds is 4. The molecule has 0 saturated carbocycles. The van der Waals surface area contributed by atoms with Crippen LogP contribution in [0.15, 0.2) is 121 Å². The first-order chi connectivity index (χ1) is 23.8. The van der Waals surface area contributed by atoms with Crippen molar-refractivity contribution in [3.63, 3.8) is 0 Å². The maximum atomic E-state index is 6.59. The summed E-state index contributed by atoms with van der Waals surface area (Å²) in [6.07, 6.45) is 5.54. The first kappa shape index (κ1) is 26.5. The van der Waals surface area contributed by atoms with Crippen molar-refractivity contribution >= 4 is 49.9 Å². The lowest BCUT2D eigenvalue weighted by atomic mass is 9.99. The van der Waals surface area contributed by atoms with E-state index in [4.69, 9.17) is 24.8 Å². The molecule has 9 nitrogen and oxygen atoms in total. The maximum absolute atomic E-state index is 6.59. The van der Waals surface area contributed by atoms with E-state index in [1.807, 2.05) is 97.1 Å². The molecular formula is C39H24N8O. The minimum Gasteiger partial charge on any atom is -0.481 e. The van der Waals surface area contributed by atoms with Gasteiger partial charge in [0.05, 0.1) is 61.9 Å². The number of nitrogens with one attached hydrogen (secondary N) is 2. The molecule has 1 unspecified atom stereocenters. The third-order valence-electron chi connectivity index (χ3n) is 8.88. The third-order valence-corrected chi connectivity index (χ3v) is 8.88. The van der Waals surface area contributed by atoms with Crippen LogP contribution in [0.2, 0.25) is 0 Å². The summed E-state index contributed by atoms with van der Waals surface area (Å²) in [7, 11) is 0. The van der Waals surface area contributed by atoms with E-state index in [1.165, 1.54) is 0 Å². The summed E-state index contributed by atoms with van der Waals surface area (Å²) in [5.74, 6) is 0.808. The number of fused-ring (bicyclic) bond motifs is 5. The lowest BCUT2D eigenvalue weighted by Crippen LogP contribution is -2.11. The molecule has 0 spiro atoms. The molecule has 9 aromatic rings. The van der Waals surface area contributed by atoms with E-state index in [0.29, 0.717) is 17.1 Å². The summed E-state index contributed by atoms with van der Waals surface area (Å²) in [6.45, 7) is 0. The Morgan fingerprint density at radius 1 is 0.667 bits per heavy atom. The van der Waals surface area contributed by atoms with Crippen molar-refractivity contribution in [1.82, 2.24) is 40.3 Å². The standard InChI is InChI=1S/C39H24N8O/c1-4-12-26-23(10-1)19-31(46-44-26)36-25(34-18-17-22-9-2-8-16-33(22)48-34)20-30-38(43-36)35(32-21-40-28-14-6-7-15-29(28)41-32)39(42-30)37-24-11-3-5-13-27(24)45-47-37/h1-21,34,42H,(H,45,47). The average molecular weight is 621 g/mol. The molecule has 1 aliphatic rings. The molecule has 0 radical (unpaired) electrons. The Kier molecular flexibility index (Phi) is 5.73. The number of pyridine rings is 1. The summed E-state index contributed by atoms with van der Waals surface area (Å²) >= 11 is 0. The van der Waals surface area contributed by atoms with Crippen molar-refractivity contribution in [3.05, 3.63) is 133 Å².